The van der Waals surface area contributed by atoms with E-state index in [2.05, 4.69) is 5.32 Å². The summed E-state index contributed by atoms with van der Waals surface area (Å²) in [7, 11) is 0. The van der Waals surface area contributed by atoms with E-state index in [4.69, 9.17) is 21.1 Å². The zero-order valence-corrected chi connectivity index (χ0v) is 25.0. The fraction of sp³-hybridized carbons (Fsp3) is 0.394. The molecule has 1 N–H and O–H groups in total. The van der Waals surface area contributed by atoms with E-state index in [1.165, 1.54) is 0 Å². The number of hydrogen-bond acceptors (Lipinski definition) is 4. The van der Waals surface area contributed by atoms with E-state index in [1.807, 2.05) is 101 Å². The van der Waals surface area contributed by atoms with Gasteiger partial charge in [-0.1, -0.05) is 60.1 Å². The van der Waals surface area contributed by atoms with Gasteiger partial charge in [0, 0.05) is 29.9 Å². The molecule has 40 heavy (non-hydrogen) atoms. The first-order valence-corrected chi connectivity index (χ1v) is 14.3. The Bertz CT molecular complexity index is 1260. The van der Waals surface area contributed by atoms with E-state index in [1.54, 1.807) is 11.0 Å². The van der Waals surface area contributed by atoms with Crippen LogP contribution >= 0.6 is 11.6 Å². The van der Waals surface area contributed by atoms with Crippen molar-refractivity contribution in [2.24, 2.45) is 0 Å². The quantitative estimate of drug-likeness (QED) is 0.253. The van der Waals surface area contributed by atoms with Gasteiger partial charge >= 0.3 is 0 Å². The summed E-state index contributed by atoms with van der Waals surface area (Å²) in [6.07, 6.45) is 1.12. The van der Waals surface area contributed by atoms with Crippen LogP contribution in [0, 0.1) is 0 Å². The summed E-state index contributed by atoms with van der Waals surface area (Å²) < 4.78 is 11.5. The van der Waals surface area contributed by atoms with Crippen molar-refractivity contribution in [1.29, 1.82) is 0 Å². The second kappa shape index (κ2) is 14.8. The molecule has 0 saturated carbocycles. The van der Waals surface area contributed by atoms with Crippen LogP contribution in [0.1, 0.15) is 57.7 Å². The summed E-state index contributed by atoms with van der Waals surface area (Å²) in [6.45, 7) is 11.0. The highest BCUT2D eigenvalue weighted by atomic mass is 35.5. The second-order valence-electron chi connectivity index (χ2n) is 10.7. The van der Waals surface area contributed by atoms with Crippen molar-refractivity contribution in [2.75, 3.05) is 13.2 Å². The molecule has 1 unspecified atom stereocenters. The Hall–Kier alpha value is -3.51. The average Bonchev–Trinajstić information content (AvgIpc) is 2.90. The van der Waals surface area contributed by atoms with Gasteiger partial charge in [-0.2, -0.15) is 0 Å². The SMILES string of the molecule is CCOc1ccc(CCC(=O)N(Cc2cccc(Cl)c2)C(Cc2ccccc2)C(=O)NC(C)(C)C)cc1OCC. The lowest BCUT2D eigenvalue weighted by Crippen LogP contribution is -2.54. The topological polar surface area (TPSA) is 67.9 Å². The molecule has 3 aromatic carbocycles. The summed E-state index contributed by atoms with van der Waals surface area (Å²) in [6, 6.07) is 22.3. The Kier molecular flexibility index (Phi) is 11.4. The number of halogens is 1. The average molecular weight is 565 g/mol. The standard InChI is InChI=1S/C33H41ClN2O4/c1-6-39-29-18-16-25(22-30(29)40-7-2)17-19-31(37)36(23-26-14-11-15-27(34)20-26)28(32(38)35-33(3,4)5)21-24-12-9-8-10-13-24/h8-16,18,20,22,28H,6-7,17,19,21,23H2,1-5H3,(H,35,38). The van der Waals surface area contributed by atoms with E-state index in [0.29, 0.717) is 42.6 Å². The highest BCUT2D eigenvalue weighted by Gasteiger charge is 2.32. The van der Waals surface area contributed by atoms with Crippen molar-refractivity contribution in [1.82, 2.24) is 10.2 Å². The highest BCUT2D eigenvalue weighted by Crippen LogP contribution is 2.29. The number of ether oxygens (including phenoxy) is 2. The van der Waals surface area contributed by atoms with E-state index in [9.17, 15) is 9.59 Å². The van der Waals surface area contributed by atoms with Gasteiger partial charge in [0.1, 0.15) is 6.04 Å². The Morgan fingerprint density at radius 3 is 2.17 bits per heavy atom. The molecule has 0 bridgehead atoms. The van der Waals surface area contributed by atoms with E-state index < -0.39 is 11.6 Å². The van der Waals surface area contributed by atoms with Crippen molar-refractivity contribution in [3.05, 3.63) is 94.5 Å². The van der Waals surface area contributed by atoms with Crippen LogP contribution in [-0.2, 0) is 29.0 Å². The number of benzene rings is 3. The first-order valence-electron chi connectivity index (χ1n) is 13.9. The Morgan fingerprint density at radius 2 is 1.52 bits per heavy atom. The van der Waals surface area contributed by atoms with Crippen molar-refractivity contribution < 1.29 is 19.1 Å². The van der Waals surface area contributed by atoms with Gasteiger partial charge in [0.25, 0.3) is 0 Å². The number of nitrogens with zero attached hydrogens (tertiary/aromatic N) is 1. The second-order valence-corrected chi connectivity index (χ2v) is 11.2. The molecule has 3 aromatic rings. The molecule has 1 atom stereocenters. The molecule has 3 rings (SSSR count). The first-order chi connectivity index (χ1) is 19.1. The van der Waals surface area contributed by atoms with E-state index in [-0.39, 0.29) is 24.8 Å². The van der Waals surface area contributed by atoms with Gasteiger partial charge in [-0.25, -0.2) is 0 Å². The summed E-state index contributed by atoms with van der Waals surface area (Å²) in [4.78, 5) is 29.3. The molecular weight excluding hydrogens is 524 g/mol. The van der Waals surface area contributed by atoms with Crippen LogP contribution in [-0.4, -0.2) is 41.5 Å². The first kappa shape index (κ1) is 31.0. The van der Waals surface area contributed by atoms with Crippen molar-refractivity contribution in [2.45, 2.75) is 72.0 Å². The number of aryl methyl sites for hydroxylation is 1. The number of rotatable bonds is 13. The molecule has 0 aliphatic heterocycles. The summed E-state index contributed by atoms with van der Waals surface area (Å²) in [5, 5.41) is 3.68. The molecule has 6 nitrogen and oxygen atoms in total. The van der Waals surface area contributed by atoms with Crippen LogP contribution in [0.5, 0.6) is 11.5 Å². The zero-order chi connectivity index (χ0) is 29.1. The highest BCUT2D eigenvalue weighted by molar-refractivity contribution is 6.30. The minimum atomic E-state index is -0.701. The van der Waals surface area contributed by atoms with Crippen LogP contribution in [0.15, 0.2) is 72.8 Å². The van der Waals surface area contributed by atoms with E-state index >= 15 is 0 Å². The third-order valence-electron chi connectivity index (χ3n) is 6.25. The number of amides is 2. The predicted molar refractivity (Wildman–Crippen MR) is 161 cm³/mol. The summed E-state index contributed by atoms with van der Waals surface area (Å²) in [5.41, 5.74) is 2.35. The van der Waals surface area contributed by atoms with Crippen LogP contribution in [0.4, 0.5) is 0 Å². The normalized spacial score (nSPS) is 11.9. The van der Waals surface area contributed by atoms with Crippen LogP contribution in [0.25, 0.3) is 0 Å². The third-order valence-corrected chi connectivity index (χ3v) is 6.48. The minimum absolute atomic E-state index is 0.114. The maximum Gasteiger partial charge on any atom is 0.243 e. The third kappa shape index (κ3) is 9.60. The molecule has 0 radical (unpaired) electrons. The van der Waals surface area contributed by atoms with Crippen molar-refractivity contribution >= 4 is 23.4 Å². The lowest BCUT2D eigenvalue weighted by atomic mass is 9.99. The fourth-order valence-electron chi connectivity index (χ4n) is 4.48. The summed E-state index contributed by atoms with van der Waals surface area (Å²) in [5.74, 6) is 1.05. The Balaban J connectivity index is 1.92. The fourth-order valence-corrected chi connectivity index (χ4v) is 4.70. The molecule has 0 fully saturated rings. The molecule has 0 saturated heterocycles. The Labute approximate surface area is 243 Å². The van der Waals surface area contributed by atoms with Crippen molar-refractivity contribution in [3.63, 3.8) is 0 Å². The zero-order valence-electron chi connectivity index (χ0n) is 24.2. The number of carbonyl (C=O) groups is 2. The van der Waals surface area contributed by atoms with Gasteiger partial charge in [-0.15, -0.1) is 0 Å². The maximum atomic E-state index is 13.9. The van der Waals surface area contributed by atoms with Gasteiger partial charge in [0.15, 0.2) is 11.5 Å². The largest absolute Gasteiger partial charge is 0.490 e. The van der Waals surface area contributed by atoms with Gasteiger partial charge in [0.05, 0.1) is 13.2 Å². The monoisotopic (exact) mass is 564 g/mol. The summed E-state index contributed by atoms with van der Waals surface area (Å²) >= 11 is 6.28. The molecule has 0 heterocycles. The number of carbonyl (C=O) groups excluding carboxylic acids is 2. The number of hydrogen-bond donors (Lipinski definition) is 1. The molecule has 214 valence electrons. The van der Waals surface area contributed by atoms with Gasteiger partial charge in [-0.05, 0) is 82.0 Å². The van der Waals surface area contributed by atoms with Crippen LogP contribution in [0.2, 0.25) is 5.02 Å². The van der Waals surface area contributed by atoms with Crippen LogP contribution < -0.4 is 14.8 Å². The number of nitrogens with one attached hydrogen (secondary N) is 1. The smallest absolute Gasteiger partial charge is 0.243 e. The molecule has 2 amide bonds. The molecular formula is C33H41ClN2O4. The molecule has 0 aromatic heterocycles. The maximum absolute atomic E-state index is 13.9. The Morgan fingerprint density at radius 1 is 0.850 bits per heavy atom. The molecule has 7 heteroatoms. The predicted octanol–water partition coefficient (Wildman–Crippen LogP) is 6.62. The van der Waals surface area contributed by atoms with Crippen molar-refractivity contribution in [3.8, 4) is 11.5 Å². The molecule has 0 aliphatic carbocycles. The lowest BCUT2D eigenvalue weighted by molar-refractivity contribution is -0.141. The van der Waals surface area contributed by atoms with Gasteiger partial charge < -0.3 is 19.7 Å². The lowest BCUT2D eigenvalue weighted by Gasteiger charge is -2.34. The molecule has 0 spiro atoms. The minimum Gasteiger partial charge on any atom is -0.490 e. The molecule has 0 aliphatic rings. The van der Waals surface area contributed by atoms with Gasteiger partial charge in [-0.3, -0.25) is 9.59 Å². The van der Waals surface area contributed by atoms with Crippen LogP contribution in [0.3, 0.4) is 0 Å². The van der Waals surface area contributed by atoms with Gasteiger partial charge in [0.2, 0.25) is 11.8 Å². The van der Waals surface area contributed by atoms with E-state index in [0.717, 1.165) is 16.7 Å².